The van der Waals surface area contributed by atoms with Gasteiger partial charge in [-0.05, 0) is 37.5 Å². The highest BCUT2D eigenvalue weighted by Gasteiger charge is 2.20. The van der Waals surface area contributed by atoms with E-state index in [4.69, 9.17) is 5.11 Å². The molecule has 0 aliphatic rings. The molecule has 0 heterocycles. The molecule has 0 radical (unpaired) electrons. The second-order valence-corrected chi connectivity index (χ2v) is 7.05. The van der Waals surface area contributed by atoms with Crippen LogP contribution in [0.5, 0.6) is 0 Å². The highest BCUT2D eigenvalue weighted by molar-refractivity contribution is 7.89. The monoisotopic (exact) mass is 315 g/mol. The number of nitrogens with zero attached hydrogens (tertiary/aromatic N) is 1. The zero-order valence-electron chi connectivity index (χ0n) is 12.2. The van der Waals surface area contributed by atoms with Crippen LogP contribution in [0.15, 0.2) is 29.2 Å². The summed E-state index contributed by atoms with van der Waals surface area (Å²) in [6, 6.07) is 6.20. The molecule has 21 heavy (non-hydrogen) atoms. The molecule has 2 N–H and O–H groups in total. The van der Waals surface area contributed by atoms with Crippen molar-refractivity contribution in [3.63, 3.8) is 0 Å². The van der Waals surface area contributed by atoms with Crippen molar-refractivity contribution in [2.75, 3.05) is 13.6 Å². The lowest BCUT2D eigenvalue weighted by Gasteiger charge is -2.18. The van der Waals surface area contributed by atoms with Crippen molar-refractivity contribution in [1.29, 1.82) is 0 Å². The molecule has 0 aliphatic heterocycles. The van der Waals surface area contributed by atoms with Crippen molar-refractivity contribution in [3.8, 4) is 0 Å². The van der Waals surface area contributed by atoms with E-state index >= 15 is 0 Å². The second-order valence-electron chi connectivity index (χ2n) is 5.00. The number of benzene rings is 1. The Balaban J connectivity index is 2.77. The smallest absolute Gasteiger partial charge is 0.303 e. The lowest BCUT2D eigenvalue weighted by atomic mass is 10.1. The molecule has 118 valence electrons. The van der Waals surface area contributed by atoms with Gasteiger partial charge in [0.1, 0.15) is 0 Å². The Kier molecular flexibility index (Phi) is 6.32. The second kappa shape index (κ2) is 7.53. The Morgan fingerprint density at radius 2 is 1.86 bits per heavy atom. The minimum Gasteiger partial charge on any atom is -0.481 e. The number of hydrogen-bond donors (Lipinski definition) is 2. The van der Waals surface area contributed by atoms with Gasteiger partial charge in [-0.25, -0.2) is 12.7 Å². The van der Waals surface area contributed by atoms with Gasteiger partial charge in [0.15, 0.2) is 0 Å². The van der Waals surface area contributed by atoms with E-state index in [2.05, 4.69) is 0 Å². The molecule has 0 aromatic heterocycles. The predicted molar refractivity (Wildman–Crippen MR) is 78.5 cm³/mol. The summed E-state index contributed by atoms with van der Waals surface area (Å²) in [7, 11) is -2.11. The van der Waals surface area contributed by atoms with E-state index in [0.29, 0.717) is 12.8 Å². The summed E-state index contributed by atoms with van der Waals surface area (Å²) < 4.78 is 25.7. The van der Waals surface area contributed by atoms with E-state index in [1.54, 1.807) is 19.1 Å². The number of rotatable bonds is 8. The molecule has 0 aliphatic carbocycles. The molecule has 6 nitrogen and oxygen atoms in total. The average molecular weight is 315 g/mol. The minimum absolute atomic E-state index is 0.0143. The first kappa shape index (κ1) is 17.6. The molecule has 0 spiro atoms. The van der Waals surface area contributed by atoms with Gasteiger partial charge in [-0.3, -0.25) is 4.79 Å². The van der Waals surface area contributed by atoms with Crippen molar-refractivity contribution in [2.45, 2.75) is 37.2 Å². The third kappa shape index (κ3) is 5.45. The largest absolute Gasteiger partial charge is 0.481 e. The van der Waals surface area contributed by atoms with Crippen LogP contribution in [-0.4, -0.2) is 48.6 Å². The van der Waals surface area contributed by atoms with E-state index in [1.165, 1.54) is 23.5 Å². The fourth-order valence-corrected chi connectivity index (χ4v) is 2.93. The Morgan fingerprint density at radius 1 is 1.29 bits per heavy atom. The van der Waals surface area contributed by atoms with Gasteiger partial charge >= 0.3 is 5.97 Å². The molecule has 1 aromatic carbocycles. The van der Waals surface area contributed by atoms with Crippen molar-refractivity contribution in [1.82, 2.24) is 4.31 Å². The zero-order valence-corrected chi connectivity index (χ0v) is 13.0. The molecule has 0 fully saturated rings. The van der Waals surface area contributed by atoms with Crippen molar-refractivity contribution >= 4 is 16.0 Å². The Morgan fingerprint density at radius 3 is 2.33 bits per heavy atom. The van der Waals surface area contributed by atoms with Gasteiger partial charge in [0.05, 0.1) is 11.0 Å². The van der Waals surface area contributed by atoms with Crippen molar-refractivity contribution < 1.29 is 23.4 Å². The van der Waals surface area contributed by atoms with Gasteiger partial charge in [0.2, 0.25) is 10.0 Å². The highest BCUT2D eigenvalue weighted by atomic mass is 32.2. The number of aryl methyl sites for hydroxylation is 1. The molecule has 0 saturated heterocycles. The van der Waals surface area contributed by atoms with Crippen molar-refractivity contribution in [2.24, 2.45) is 0 Å². The van der Waals surface area contributed by atoms with E-state index < -0.39 is 22.1 Å². The standard InChI is InChI=1S/C14H21NO5S/c1-11(16)9-10-15(2)21(19,20)13-6-3-12(4-7-13)5-8-14(17)18/h3-4,6-7,11,16H,5,8-10H2,1-2H3,(H,17,18). The summed E-state index contributed by atoms with van der Waals surface area (Å²) >= 11 is 0. The SMILES string of the molecule is CC(O)CCN(C)S(=O)(=O)c1ccc(CCC(=O)O)cc1. The molecule has 0 saturated carbocycles. The number of sulfonamides is 1. The Bertz CT molecular complexity index is 566. The minimum atomic E-state index is -3.58. The first-order valence-electron chi connectivity index (χ1n) is 6.68. The third-order valence-corrected chi connectivity index (χ3v) is 4.99. The van der Waals surface area contributed by atoms with Gasteiger partial charge in [0.25, 0.3) is 0 Å². The van der Waals surface area contributed by atoms with Crippen LogP contribution in [0.25, 0.3) is 0 Å². The maximum atomic E-state index is 12.3. The molecule has 1 atom stereocenters. The first-order chi connectivity index (χ1) is 9.73. The lowest BCUT2D eigenvalue weighted by molar-refractivity contribution is -0.136. The number of carboxylic acids is 1. The van der Waals surface area contributed by atoms with Crippen LogP contribution >= 0.6 is 0 Å². The number of aliphatic hydroxyl groups is 1. The molecule has 1 aromatic rings. The van der Waals surface area contributed by atoms with Gasteiger partial charge in [-0.2, -0.15) is 0 Å². The van der Waals surface area contributed by atoms with Gasteiger partial charge < -0.3 is 10.2 Å². The van der Waals surface area contributed by atoms with Crippen LogP contribution in [0.4, 0.5) is 0 Å². The predicted octanol–water partition coefficient (Wildman–Crippen LogP) is 1.10. The van der Waals surface area contributed by atoms with Gasteiger partial charge in [-0.15, -0.1) is 0 Å². The molecule has 0 bridgehead atoms. The molecular weight excluding hydrogens is 294 g/mol. The fraction of sp³-hybridized carbons (Fsp3) is 0.500. The lowest BCUT2D eigenvalue weighted by Crippen LogP contribution is -2.29. The van der Waals surface area contributed by atoms with E-state index in [1.807, 2.05) is 0 Å². The maximum absolute atomic E-state index is 12.3. The summed E-state index contributed by atoms with van der Waals surface area (Å²) in [5, 5.41) is 17.8. The van der Waals surface area contributed by atoms with Gasteiger partial charge in [-0.1, -0.05) is 12.1 Å². The highest BCUT2D eigenvalue weighted by Crippen LogP contribution is 2.16. The summed E-state index contributed by atoms with van der Waals surface area (Å²) in [5.74, 6) is -0.885. The van der Waals surface area contributed by atoms with Crippen LogP contribution < -0.4 is 0 Å². The van der Waals surface area contributed by atoms with Crippen LogP contribution in [0.1, 0.15) is 25.3 Å². The Labute approximate surface area is 125 Å². The summed E-state index contributed by atoms with van der Waals surface area (Å²) in [6.45, 7) is 1.85. The number of carbonyl (C=O) groups is 1. The van der Waals surface area contributed by atoms with Crippen LogP contribution in [0.2, 0.25) is 0 Å². The normalized spacial score (nSPS) is 13.3. The molecular formula is C14H21NO5S. The van der Waals surface area contributed by atoms with Gasteiger partial charge in [0, 0.05) is 20.0 Å². The molecule has 0 amide bonds. The number of aliphatic hydroxyl groups excluding tert-OH is 1. The summed E-state index contributed by atoms with van der Waals surface area (Å²) in [5.41, 5.74) is 0.781. The topological polar surface area (TPSA) is 94.9 Å². The maximum Gasteiger partial charge on any atom is 0.303 e. The van der Waals surface area contributed by atoms with Crippen LogP contribution in [0.3, 0.4) is 0 Å². The summed E-state index contributed by atoms with van der Waals surface area (Å²) in [6.07, 6.45) is 0.196. The zero-order chi connectivity index (χ0) is 16.0. The average Bonchev–Trinajstić information content (AvgIpc) is 2.42. The molecule has 1 rings (SSSR count). The molecule has 7 heteroatoms. The van der Waals surface area contributed by atoms with E-state index in [9.17, 15) is 18.3 Å². The molecule has 1 unspecified atom stereocenters. The number of hydrogen-bond acceptors (Lipinski definition) is 4. The van der Waals surface area contributed by atoms with E-state index in [-0.39, 0.29) is 17.9 Å². The number of carboxylic acid groups (broad SMARTS) is 1. The van der Waals surface area contributed by atoms with Crippen LogP contribution in [0, 0.1) is 0 Å². The fourth-order valence-electron chi connectivity index (χ4n) is 1.75. The van der Waals surface area contributed by atoms with Crippen molar-refractivity contribution in [3.05, 3.63) is 29.8 Å². The van der Waals surface area contributed by atoms with Crippen LogP contribution in [-0.2, 0) is 21.2 Å². The number of aliphatic carboxylic acids is 1. The summed E-state index contributed by atoms with van der Waals surface area (Å²) in [4.78, 5) is 10.7. The Hall–Kier alpha value is -1.44. The first-order valence-corrected chi connectivity index (χ1v) is 8.12. The third-order valence-electron chi connectivity index (χ3n) is 3.12. The van der Waals surface area contributed by atoms with E-state index in [0.717, 1.165) is 5.56 Å². The quantitative estimate of drug-likeness (QED) is 0.749.